The number of benzene rings is 2. The van der Waals surface area contributed by atoms with E-state index in [0.717, 1.165) is 0 Å². The molecule has 160 valence electrons. The van der Waals surface area contributed by atoms with Crippen LogP contribution in [0.5, 0.6) is 0 Å². The second-order valence-electron chi connectivity index (χ2n) is 6.43. The van der Waals surface area contributed by atoms with Crippen molar-refractivity contribution in [1.29, 1.82) is 0 Å². The maximum absolute atomic E-state index is 12.6. The van der Waals surface area contributed by atoms with Crippen molar-refractivity contribution in [3.8, 4) is 0 Å². The number of esters is 2. The standard InChI is InChI=1S/C21H19N3O7/c1-2-30-20(26)17-16(22-21(27)23-18(17)13-6-4-3-5-7-13)12-31-19(25)14-8-10-15(11-9-14)24(28)29/h3-11,18H,2,12H2,1H3,(H2,22,23,27). The number of rotatable bonds is 7. The van der Waals surface area contributed by atoms with E-state index >= 15 is 0 Å². The molecule has 1 unspecified atom stereocenters. The molecule has 0 radical (unpaired) electrons. The van der Waals surface area contributed by atoms with Gasteiger partial charge < -0.3 is 20.1 Å². The van der Waals surface area contributed by atoms with Crippen molar-refractivity contribution >= 4 is 23.7 Å². The Kier molecular flexibility index (Phi) is 6.61. The van der Waals surface area contributed by atoms with E-state index in [9.17, 15) is 24.5 Å². The van der Waals surface area contributed by atoms with E-state index in [1.165, 1.54) is 24.3 Å². The molecule has 0 fully saturated rings. The lowest BCUT2D eigenvalue weighted by Crippen LogP contribution is -2.47. The summed E-state index contributed by atoms with van der Waals surface area (Å²) in [5, 5.41) is 15.9. The molecule has 2 aromatic rings. The number of urea groups is 1. The summed E-state index contributed by atoms with van der Waals surface area (Å²) in [7, 11) is 0. The predicted molar refractivity (Wildman–Crippen MR) is 108 cm³/mol. The average Bonchev–Trinajstić information content (AvgIpc) is 2.77. The van der Waals surface area contributed by atoms with Gasteiger partial charge in [0.25, 0.3) is 5.69 Å². The number of nitro groups is 1. The van der Waals surface area contributed by atoms with Gasteiger partial charge in [-0.15, -0.1) is 0 Å². The number of nitrogens with zero attached hydrogens (tertiary/aromatic N) is 1. The van der Waals surface area contributed by atoms with Gasteiger partial charge in [0.1, 0.15) is 6.61 Å². The largest absolute Gasteiger partial charge is 0.463 e. The summed E-state index contributed by atoms with van der Waals surface area (Å²) >= 11 is 0. The van der Waals surface area contributed by atoms with Crippen LogP contribution in [0.25, 0.3) is 0 Å². The lowest BCUT2D eigenvalue weighted by Gasteiger charge is -2.29. The summed E-state index contributed by atoms with van der Waals surface area (Å²) in [6, 6.07) is 12.3. The van der Waals surface area contributed by atoms with Crippen LogP contribution in [0.4, 0.5) is 10.5 Å². The zero-order valence-electron chi connectivity index (χ0n) is 16.5. The molecule has 1 aliphatic rings. The summed E-state index contributed by atoms with van der Waals surface area (Å²) in [6.07, 6.45) is 0. The Labute approximate surface area is 177 Å². The number of ether oxygens (including phenoxy) is 2. The molecule has 2 N–H and O–H groups in total. The third-order valence-corrected chi connectivity index (χ3v) is 4.44. The van der Waals surface area contributed by atoms with E-state index in [4.69, 9.17) is 9.47 Å². The number of nitrogens with one attached hydrogen (secondary N) is 2. The fourth-order valence-corrected chi connectivity index (χ4v) is 3.02. The van der Waals surface area contributed by atoms with Crippen LogP contribution in [0.3, 0.4) is 0 Å². The number of carbonyl (C=O) groups is 3. The van der Waals surface area contributed by atoms with Gasteiger partial charge in [0, 0.05) is 12.1 Å². The predicted octanol–water partition coefficient (Wildman–Crippen LogP) is 2.62. The number of hydrogen-bond donors (Lipinski definition) is 2. The first-order chi connectivity index (χ1) is 14.9. The Hall–Kier alpha value is -4.21. The van der Waals surface area contributed by atoms with Crippen LogP contribution >= 0.6 is 0 Å². The van der Waals surface area contributed by atoms with Crippen LogP contribution in [0, 0.1) is 10.1 Å². The van der Waals surface area contributed by atoms with Gasteiger partial charge in [-0.3, -0.25) is 10.1 Å². The minimum atomic E-state index is -0.790. The highest BCUT2D eigenvalue weighted by Crippen LogP contribution is 2.28. The fourth-order valence-electron chi connectivity index (χ4n) is 3.02. The molecule has 1 atom stereocenters. The van der Waals surface area contributed by atoms with Gasteiger partial charge in [-0.05, 0) is 24.6 Å². The molecular weight excluding hydrogens is 406 g/mol. The molecule has 0 saturated heterocycles. The third kappa shape index (κ3) is 5.04. The van der Waals surface area contributed by atoms with Gasteiger partial charge in [-0.25, -0.2) is 14.4 Å². The Morgan fingerprint density at radius 3 is 2.32 bits per heavy atom. The minimum Gasteiger partial charge on any atom is -0.463 e. The molecule has 2 amide bonds. The molecule has 0 saturated carbocycles. The highest BCUT2D eigenvalue weighted by Gasteiger charge is 2.34. The van der Waals surface area contributed by atoms with Crippen molar-refractivity contribution in [3.63, 3.8) is 0 Å². The normalized spacial score (nSPS) is 15.5. The monoisotopic (exact) mass is 425 g/mol. The van der Waals surface area contributed by atoms with Gasteiger partial charge >= 0.3 is 18.0 Å². The van der Waals surface area contributed by atoms with E-state index in [-0.39, 0.29) is 29.1 Å². The summed E-state index contributed by atoms with van der Waals surface area (Å²) in [6.45, 7) is 1.37. The van der Waals surface area contributed by atoms with Crippen LogP contribution < -0.4 is 10.6 Å². The lowest BCUT2D eigenvalue weighted by atomic mass is 9.95. The van der Waals surface area contributed by atoms with Gasteiger partial charge in [0.2, 0.25) is 0 Å². The van der Waals surface area contributed by atoms with Gasteiger partial charge in [-0.2, -0.15) is 0 Å². The molecule has 10 heteroatoms. The van der Waals surface area contributed by atoms with Crippen molar-refractivity contribution in [1.82, 2.24) is 10.6 Å². The molecular formula is C21H19N3O7. The SMILES string of the molecule is CCOC(=O)C1=C(COC(=O)c2ccc([N+](=O)[O-])cc2)NC(=O)NC1c1ccccc1. The zero-order valence-corrected chi connectivity index (χ0v) is 16.5. The average molecular weight is 425 g/mol. The molecule has 1 heterocycles. The van der Waals surface area contributed by atoms with Crippen molar-refractivity contribution in [2.75, 3.05) is 13.2 Å². The molecule has 0 bridgehead atoms. The first-order valence-electron chi connectivity index (χ1n) is 9.35. The molecule has 31 heavy (non-hydrogen) atoms. The number of nitro benzene ring substituents is 1. The van der Waals surface area contributed by atoms with Gasteiger partial charge in [0.05, 0.1) is 34.4 Å². The molecule has 3 rings (SSSR count). The molecule has 0 aliphatic carbocycles. The molecule has 0 aromatic heterocycles. The Morgan fingerprint density at radius 2 is 1.71 bits per heavy atom. The van der Waals surface area contributed by atoms with Crippen molar-refractivity contribution in [2.24, 2.45) is 0 Å². The fraction of sp³-hybridized carbons (Fsp3) is 0.190. The Balaban J connectivity index is 1.87. The summed E-state index contributed by atoms with van der Waals surface area (Å²) in [4.78, 5) is 47.3. The Morgan fingerprint density at radius 1 is 1.03 bits per heavy atom. The summed E-state index contributed by atoms with van der Waals surface area (Å²) in [5.74, 6) is -1.43. The molecule has 1 aliphatic heterocycles. The van der Waals surface area contributed by atoms with E-state index < -0.39 is 35.5 Å². The van der Waals surface area contributed by atoms with Crippen LogP contribution in [-0.2, 0) is 14.3 Å². The van der Waals surface area contributed by atoms with E-state index in [2.05, 4.69) is 10.6 Å². The number of carbonyl (C=O) groups excluding carboxylic acids is 3. The second-order valence-corrected chi connectivity index (χ2v) is 6.43. The highest BCUT2D eigenvalue weighted by molar-refractivity contribution is 5.95. The zero-order chi connectivity index (χ0) is 22.4. The molecule has 10 nitrogen and oxygen atoms in total. The summed E-state index contributed by atoms with van der Waals surface area (Å²) in [5.41, 5.74) is 0.777. The third-order valence-electron chi connectivity index (χ3n) is 4.44. The molecule has 2 aromatic carbocycles. The first-order valence-corrected chi connectivity index (χ1v) is 9.35. The summed E-state index contributed by atoms with van der Waals surface area (Å²) < 4.78 is 10.4. The van der Waals surface area contributed by atoms with Crippen molar-refractivity contribution < 1.29 is 28.8 Å². The smallest absolute Gasteiger partial charge is 0.338 e. The number of amides is 2. The molecule has 0 spiro atoms. The number of non-ortho nitro benzene ring substituents is 1. The number of hydrogen-bond acceptors (Lipinski definition) is 7. The van der Waals surface area contributed by atoms with Crippen molar-refractivity contribution in [3.05, 3.63) is 87.1 Å². The maximum atomic E-state index is 12.6. The van der Waals surface area contributed by atoms with Gasteiger partial charge in [-0.1, -0.05) is 30.3 Å². The van der Waals surface area contributed by atoms with Crippen LogP contribution in [0.15, 0.2) is 65.9 Å². The minimum absolute atomic E-state index is 0.0868. The lowest BCUT2D eigenvalue weighted by molar-refractivity contribution is -0.384. The highest BCUT2D eigenvalue weighted by atomic mass is 16.6. The first kappa shape index (κ1) is 21.5. The topological polar surface area (TPSA) is 137 Å². The van der Waals surface area contributed by atoms with E-state index in [0.29, 0.717) is 5.56 Å². The second kappa shape index (κ2) is 9.53. The Bertz CT molecular complexity index is 1030. The van der Waals surface area contributed by atoms with E-state index in [1.54, 1.807) is 37.3 Å². The maximum Gasteiger partial charge on any atom is 0.338 e. The van der Waals surface area contributed by atoms with Gasteiger partial charge in [0.15, 0.2) is 0 Å². The van der Waals surface area contributed by atoms with Crippen LogP contribution in [-0.4, -0.2) is 36.1 Å². The van der Waals surface area contributed by atoms with Crippen LogP contribution in [0.1, 0.15) is 28.9 Å². The quantitative estimate of drug-likeness (QED) is 0.395. The van der Waals surface area contributed by atoms with Crippen molar-refractivity contribution in [2.45, 2.75) is 13.0 Å². The van der Waals surface area contributed by atoms with E-state index in [1.807, 2.05) is 0 Å². The van der Waals surface area contributed by atoms with Crippen LogP contribution in [0.2, 0.25) is 0 Å².